The molecule has 25 heavy (non-hydrogen) atoms. The van der Waals surface area contributed by atoms with Gasteiger partial charge in [-0.25, -0.2) is 0 Å². The Balaban J connectivity index is 1.66. The largest absolute Gasteiger partial charge is 0.469 e. The highest BCUT2D eigenvalue weighted by molar-refractivity contribution is 5.74. The van der Waals surface area contributed by atoms with Gasteiger partial charge in [-0.3, -0.25) is 4.79 Å². The molecule has 0 amide bonds. The van der Waals surface area contributed by atoms with Crippen molar-refractivity contribution < 1.29 is 14.6 Å². The van der Waals surface area contributed by atoms with Crippen molar-refractivity contribution in [1.29, 1.82) is 0 Å². The second-order valence-electron chi connectivity index (χ2n) is 10.0. The first-order chi connectivity index (χ1) is 11.8. The van der Waals surface area contributed by atoms with Crippen LogP contribution in [0.2, 0.25) is 0 Å². The Morgan fingerprint density at radius 2 is 1.80 bits per heavy atom. The van der Waals surface area contributed by atoms with Crippen LogP contribution in [0.1, 0.15) is 71.6 Å². The molecule has 0 aromatic carbocycles. The lowest BCUT2D eigenvalue weighted by molar-refractivity contribution is -0.160. The molecule has 0 spiro atoms. The van der Waals surface area contributed by atoms with Crippen molar-refractivity contribution in [3.05, 3.63) is 0 Å². The lowest BCUT2D eigenvalue weighted by Crippen LogP contribution is -2.66. The van der Waals surface area contributed by atoms with E-state index in [4.69, 9.17) is 10.5 Å². The maximum atomic E-state index is 12.4. The summed E-state index contributed by atoms with van der Waals surface area (Å²) in [7, 11) is 1.51. The minimum atomic E-state index is -0.237. The summed E-state index contributed by atoms with van der Waals surface area (Å²) in [5.74, 6) is 1.70. The number of rotatable bonds is 1. The van der Waals surface area contributed by atoms with Crippen LogP contribution >= 0.6 is 0 Å². The monoisotopic (exact) mass is 349 g/mol. The number of aliphatic hydroxyl groups excluding tert-OH is 1. The zero-order valence-electron chi connectivity index (χ0n) is 16.1. The second kappa shape index (κ2) is 5.69. The summed E-state index contributed by atoms with van der Waals surface area (Å²) < 4.78 is 5.12. The van der Waals surface area contributed by atoms with E-state index in [0.717, 1.165) is 44.9 Å². The lowest BCUT2D eigenvalue weighted by Gasteiger charge is -2.64. The molecule has 0 heterocycles. The molecule has 4 aliphatic carbocycles. The molecule has 4 rings (SSSR count). The molecule has 0 aliphatic heterocycles. The van der Waals surface area contributed by atoms with Crippen LogP contribution < -0.4 is 5.73 Å². The van der Waals surface area contributed by atoms with Gasteiger partial charge in [0.25, 0.3) is 0 Å². The molecule has 4 unspecified atom stereocenters. The fourth-order valence-electron chi connectivity index (χ4n) is 7.83. The van der Waals surface area contributed by atoms with Crippen molar-refractivity contribution in [1.82, 2.24) is 0 Å². The molecule has 0 radical (unpaired) electrons. The minimum absolute atomic E-state index is 0.0397. The Bertz CT molecular complexity index is 565. The summed E-state index contributed by atoms with van der Waals surface area (Å²) in [6, 6.07) is 0. The molecule has 4 heteroatoms. The number of hydrogen-bond acceptors (Lipinski definition) is 4. The van der Waals surface area contributed by atoms with Crippen LogP contribution in [0.25, 0.3) is 0 Å². The van der Waals surface area contributed by atoms with Gasteiger partial charge in [0.15, 0.2) is 0 Å². The average molecular weight is 350 g/mol. The fraction of sp³-hybridized carbons (Fsp3) is 0.952. The summed E-state index contributed by atoms with van der Waals surface area (Å²) in [4.78, 5) is 12.4. The molecule has 4 nitrogen and oxygen atoms in total. The number of nitrogens with two attached hydrogens (primary N) is 1. The Morgan fingerprint density at radius 3 is 2.52 bits per heavy atom. The van der Waals surface area contributed by atoms with E-state index in [-0.39, 0.29) is 28.9 Å². The van der Waals surface area contributed by atoms with Crippen molar-refractivity contribution in [2.24, 2.45) is 40.2 Å². The zero-order chi connectivity index (χ0) is 18.0. The molecule has 0 aromatic rings. The average Bonchev–Trinajstić information content (AvgIpc) is 2.86. The third kappa shape index (κ3) is 2.22. The number of esters is 1. The molecule has 142 valence electrons. The molecular formula is C21H35NO3. The summed E-state index contributed by atoms with van der Waals surface area (Å²) in [6.45, 7) is 4.73. The van der Waals surface area contributed by atoms with E-state index >= 15 is 0 Å². The highest BCUT2D eigenvalue weighted by Gasteiger charge is 2.67. The zero-order valence-corrected chi connectivity index (χ0v) is 16.1. The number of carbonyl (C=O) groups excluding carboxylic acids is 1. The number of ether oxygens (including phenoxy) is 1. The van der Waals surface area contributed by atoms with E-state index in [1.54, 1.807) is 0 Å². The summed E-state index contributed by atoms with van der Waals surface area (Å²) in [5, 5.41) is 10.1. The maximum Gasteiger partial charge on any atom is 0.309 e. The summed E-state index contributed by atoms with van der Waals surface area (Å²) >= 11 is 0. The van der Waals surface area contributed by atoms with Gasteiger partial charge in [0.2, 0.25) is 0 Å². The maximum absolute atomic E-state index is 12.4. The number of carbonyl (C=O) groups is 1. The Hall–Kier alpha value is -0.610. The standard InChI is InChI=1S/C21H35NO3/c1-19-9-6-14(23)12-13(19)4-5-16-15(19)7-10-20(2)17(18(24)25-3)8-11-21(16,20)22/h13-17,23H,4-12,22H2,1-3H3/t13?,14?,15-,16+,17?,19-,20+,21?/m0/s1. The molecule has 0 aromatic heterocycles. The van der Waals surface area contributed by atoms with Crippen LogP contribution in [0.5, 0.6) is 0 Å². The van der Waals surface area contributed by atoms with E-state index in [1.807, 2.05) is 0 Å². The van der Waals surface area contributed by atoms with Crippen molar-refractivity contribution in [2.75, 3.05) is 7.11 Å². The molecular weight excluding hydrogens is 314 g/mol. The van der Waals surface area contributed by atoms with Crippen LogP contribution in [0.3, 0.4) is 0 Å². The normalized spacial score (nSPS) is 55.0. The molecule has 0 bridgehead atoms. The Kier molecular flexibility index (Phi) is 4.05. The summed E-state index contributed by atoms with van der Waals surface area (Å²) in [6.07, 6.45) is 9.33. The number of hydrogen-bond donors (Lipinski definition) is 2. The molecule has 4 fully saturated rings. The third-order valence-electron chi connectivity index (χ3n) is 9.47. The molecule has 4 saturated carbocycles. The van der Waals surface area contributed by atoms with Crippen molar-refractivity contribution in [2.45, 2.75) is 83.3 Å². The highest BCUT2D eigenvalue weighted by Crippen LogP contribution is 2.68. The van der Waals surface area contributed by atoms with Gasteiger partial charge in [0.05, 0.1) is 19.1 Å². The Labute approximate surface area is 151 Å². The predicted molar refractivity (Wildman–Crippen MR) is 96.7 cm³/mol. The van der Waals surface area contributed by atoms with Gasteiger partial charge in [0, 0.05) is 5.54 Å². The smallest absolute Gasteiger partial charge is 0.309 e. The first-order valence-corrected chi connectivity index (χ1v) is 10.3. The van der Waals surface area contributed by atoms with Crippen LogP contribution in [0.15, 0.2) is 0 Å². The number of aliphatic hydroxyl groups is 1. The fourth-order valence-corrected chi connectivity index (χ4v) is 7.83. The van der Waals surface area contributed by atoms with Crippen molar-refractivity contribution in [3.8, 4) is 0 Å². The van der Waals surface area contributed by atoms with Crippen molar-refractivity contribution in [3.63, 3.8) is 0 Å². The van der Waals surface area contributed by atoms with Gasteiger partial charge in [0.1, 0.15) is 0 Å². The molecule has 4 aliphatic rings. The van der Waals surface area contributed by atoms with E-state index in [1.165, 1.54) is 20.0 Å². The van der Waals surface area contributed by atoms with Gasteiger partial charge in [-0.2, -0.15) is 0 Å². The molecule has 3 N–H and O–H groups in total. The second-order valence-corrected chi connectivity index (χ2v) is 10.0. The number of methoxy groups -OCH3 is 1. The lowest BCUT2D eigenvalue weighted by atomic mass is 9.42. The topological polar surface area (TPSA) is 72.5 Å². The van der Waals surface area contributed by atoms with Gasteiger partial charge >= 0.3 is 5.97 Å². The van der Waals surface area contributed by atoms with Crippen LogP contribution in [-0.2, 0) is 9.53 Å². The van der Waals surface area contributed by atoms with E-state index in [9.17, 15) is 9.90 Å². The summed E-state index contributed by atoms with van der Waals surface area (Å²) in [5.41, 5.74) is 7.14. The van der Waals surface area contributed by atoms with Gasteiger partial charge in [-0.1, -0.05) is 13.8 Å². The predicted octanol–water partition coefficient (Wildman–Crippen LogP) is 3.26. The van der Waals surface area contributed by atoms with Gasteiger partial charge in [-0.05, 0) is 86.4 Å². The first kappa shape index (κ1) is 17.8. The van der Waals surface area contributed by atoms with Gasteiger partial charge in [-0.15, -0.1) is 0 Å². The number of fused-ring (bicyclic) bond motifs is 5. The van der Waals surface area contributed by atoms with Crippen LogP contribution in [0, 0.1) is 34.5 Å². The minimum Gasteiger partial charge on any atom is -0.469 e. The van der Waals surface area contributed by atoms with E-state index in [2.05, 4.69) is 13.8 Å². The van der Waals surface area contributed by atoms with Gasteiger partial charge < -0.3 is 15.6 Å². The SMILES string of the molecule is COC(=O)C1CCC2(N)[C@@H]3CCC4CC(O)CC[C@]4(C)[C@H]3CC[C@]12C. The van der Waals surface area contributed by atoms with Crippen LogP contribution in [0.4, 0.5) is 0 Å². The van der Waals surface area contributed by atoms with E-state index in [0.29, 0.717) is 23.2 Å². The van der Waals surface area contributed by atoms with Crippen molar-refractivity contribution >= 4 is 5.97 Å². The first-order valence-electron chi connectivity index (χ1n) is 10.3. The quantitative estimate of drug-likeness (QED) is 0.713. The van der Waals surface area contributed by atoms with E-state index < -0.39 is 0 Å². The highest BCUT2D eigenvalue weighted by atomic mass is 16.5. The Morgan fingerprint density at radius 1 is 1.04 bits per heavy atom. The molecule has 8 atom stereocenters. The third-order valence-corrected chi connectivity index (χ3v) is 9.47. The molecule has 0 saturated heterocycles. The van der Waals surface area contributed by atoms with Crippen LogP contribution in [-0.4, -0.2) is 29.8 Å².